The first-order chi connectivity index (χ1) is 15.1. The molecule has 0 unspecified atom stereocenters. The second-order valence-electron chi connectivity index (χ2n) is 7.58. The Kier molecular flexibility index (Phi) is 4.34. The van der Waals surface area contributed by atoms with Crippen molar-refractivity contribution in [2.45, 2.75) is 13.8 Å². The predicted molar refractivity (Wildman–Crippen MR) is 123 cm³/mol. The molecular formula is C26H18N4O. The van der Waals surface area contributed by atoms with E-state index in [9.17, 15) is 10.1 Å². The van der Waals surface area contributed by atoms with Gasteiger partial charge in [0.1, 0.15) is 5.65 Å². The lowest BCUT2D eigenvalue weighted by Gasteiger charge is -2.15. The van der Waals surface area contributed by atoms with Gasteiger partial charge in [-0.05, 0) is 54.8 Å². The molecule has 0 aliphatic rings. The molecule has 148 valence electrons. The Morgan fingerprint density at radius 3 is 2.71 bits per heavy atom. The van der Waals surface area contributed by atoms with E-state index in [-0.39, 0.29) is 5.43 Å². The summed E-state index contributed by atoms with van der Waals surface area (Å²) >= 11 is 0. The van der Waals surface area contributed by atoms with Crippen molar-refractivity contribution in [1.29, 1.82) is 5.26 Å². The fourth-order valence-corrected chi connectivity index (χ4v) is 4.04. The minimum atomic E-state index is -0.0881. The first-order valence-corrected chi connectivity index (χ1v) is 9.95. The van der Waals surface area contributed by atoms with Gasteiger partial charge in [0.15, 0.2) is 5.43 Å². The fourth-order valence-electron chi connectivity index (χ4n) is 4.04. The summed E-state index contributed by atoms with van der Waals surface area (Å²) in [5.74, 6) is 0. The average molecular weight is 402 g/mol. The van der Waals surface area contributed by atoms with Gasteiger partial charge >= 0.3 is 0 Å². The molecule has 5 aromatic rings. The van der Waals surface area contributed by atoms with E-state index in [4.69, 9.17) is 4.98 Å². The number of pyridine rings is 3. The molecule has 0 saturated heterocycles. The van der Waals surface area contributed by atoms with Gasteiger partial charge in [-0.1, -0.05) is 24.3 Å². The molecule has 0 spiro atoms. The maximum absolute atomic E-state index is 12.5. The second-order valence-corrected chi connectivity index (χ2v) is 7.58. The third kappa shape index (κ3) is 3.06. The van der Waals surface area contributed by atoms with Crippen LogP contribution in [0.4, 0.5) is 0 Å². The third-order valence-electron chi connectivity index (χ3n) is 5.70. The number of rotatable bonds is 2. The number of aromatic amines is 1. The number of benzene rings is 2. The Morgan fingerprint density at radius 2 is 1.87 bits per heavy atom. The van der Waals surface area contributed by atoms with E-state index in [1.807, 2.05) is 56.3 Å². The number of hydrogen-bond acceptors (Lipinski definition) is 4. The highest BCUT2D eigenvalue weighted by molar-refractivity contribution is 5.94. The van der Waals surface area contributed by atoms with Crippen LogP contribution in [0.1, 0.15) is 16.7 Å². The summed E-state index contributed by atoms with van der Waals surface area (Å²) < 4.78 is 0. The van der Waals surface area contributed by atoms with Crippen molar-refractivity contribution in [3.8, 4) is 28.5 Å². The first kappa shape index (κ1) is 18.7. The van der Waals surface area contributed by atoms with Crippen LogP contribution in [0.15, 0.2) is 71.8 Å². The number of nitrogens with one attached hydrogen (secondary N) is 1. The molecule has 0 fully saturated rings. The molecule has 0 radical (unpaired) electrons. The summed E-state index contributed by atoms with van der Waals surface area (Å²) in [7, 11) is 0. The van der Waals surface area contributed by atoms with E-state index < -0.39 is 0 Å². The molecule has 2 aromatic carbocycles. The molecule has 31 heavy (non-hydrogen) atoms. The molecule has 1 N–H and O–H groups in total. The zero-order chi connectivity index (χ0) is 21.5. The number of nitriles is 1. The minimum absolute atomic E-state index is 0.0881. The van der Waals surface area contributed by atoms with E-state index >= 15 is 0 Å². The van der Waals surface area contributed by atoms with Crippen LogP contribution in [0.2, 0.25) is 0 Å². The molecular weight excluding hydrogens is 384 g/mol. The van der Waals surface area contributed by atoms with Crippen molar-refractivity contribution in [1.82, 2.24) is 15.0 Å². The highest BCUT2D eigenvalue weighted by Crippen LogP contribution is 2.36. The summed E-state index contributed by atoms with van der Waals surface area (Å²) in [5.41, 5.74) is 7.15. The van der Waals surface area contributed by atoms with E-state index in [1.165, 1.54) is 6.07 Å². The third-order valence-corrected chi connectivity index (χ3v) is 5.70. The molecule has 0 aliphatic carbocycles. The van der Waals surface area contributed by atoms with Crippen molar-refractivity contribution < 1.29 is 0 Å². The summed E-state index contributed by atoms with van der Waals surface area (Å²) in [6.45, 7) is 3.87. The van der Waals surface area contributed by atoms with Gasteiger partial charge < -0.3 is 4.98 Å². The number of H-pyrrole nitrogens is 1. The molecule has 0 atom stereocenters. The normalized spacial score (nSPS) is 11.0. The highest BCUT2D eigenvalue weighted by Gasteiger charge is 2.17. The molecule has 5 nitrogen and oxygen atoms in total. The smallest absolute Gasteiger partial charge is 0.191 e. The Bertz CT molecular complexity index is 1590. The van der Waals surface area contributed by atoms with Gasteiger partial charge in [0.25, 0.3) is 0 Å². The van der Waals surface area contributed by atoms with Crippen molar-refractivity contribution >= 4 is 21.9 Å². The van der Waals surface area contributed by atoms with Crippen molar-refractivity contribution in [2.24, 2.45) is 0 Å². The maximum atomic E-state index is 12.5. The van der Waals surface area contributed by atoms with Crippen LogP contribution in [0.5, 0.6) is 0 Å². The number of hydrogen-bond donors (Lipinski definition) is 1. The van der Waals surface area contributed by atoms with Crippen molar-refractivity contribution in [3.63, 3.8) is 0 Å². The van der Waals surface area contributed by atoms with Crippen molar-refractivity contribution in [3.05, 3.63) is 93.9 Å². The van der Waals surface area contributed by atoms with Gasteiger partial charge in [-0.3, -0.25) is 9.78 Å². The molecule has 0 saturated carbocycles. The zero-order valence-corrected chi connectivity index (χ0v) is 17.1. The lowest BCUT2D eigenvalue weighted by atomic mass is 9.91. The predicted octanol–water partition coefficient (Wildman–Crippen LogP) is 5.29. The largest absolute Gasteiger partial charge is 0.346 e. The van der Waals surface area contributed by atoms with Crippen LogP contribution in [0, 0.1) is 25.2 Å². The lowest BCUT2D eigenvalue weighted by Crippen LogP contribution is -2.04. The molecule has 3 heterocycles. The summed E-state index contributed by atoms with van der Waals surface area (Å²) in [4.78, 5) is 24.9. The Labute approximate surface area is 178 Å². The minimum Gasteiger partial charge on any atom is -0.346 e. The van der Waals surface area contributed by atoms with Crippen molar-refractivity contribution in [2.75, 3.05) is 0 Å². The Balaban J connectivity index is 1.88. The topological polar surface area (TPSA) is 82.4 Å². The molecule has 0 aliphatic heterocycles. The molecule has 5 rings (SSSR count). The van der Waals surface area contributed by atoms with E-state index in [0.717, 1.165) is 44.4 Å². The van der Waals surface area contributed by atoms with Gasteiger partial charge in [0.2, 0.25) is 0 Å². The van der Waals surface area contributed by atoms with Crippen LogP contribution < -0.4 is 5.43 Å². The van der Waals surface area contributed by atoms with Gasteiger partial charge in [0.05, 0.1) is 28.2 Å². The quantitative estimate of drug-likeness (QED) is 0.435. The number of aromatic nitrogens is 3. The maximum Gasteiger partial charge on any atom is 0.191 e. The second kappa shape index (κ2) is 7.19. The monoisotopic (exact) mass is 402 g/mol. The number of nitrogens with zero attached hydrogens (tertiary/aromatic N) is 3. The molecule has 3 aromatic heterocycles. The summed E-state index contributed by atoms with van der Waals surface area (Å²) in [6.07, 6.45) is 3.37. The van der Waals surface area contributed by atoms with E-state index in [0.29, 0.717) is 16.6 Å². The molecule has 0 bridgehead atoms. The summed E-state index contributed by atoms with van der Waals surface area (Å²) in [6, 6.07) is 19.6. The van der Waals surface area contributed by atoms with Crippen LogP contribution in [-0.2, 0) is 0 Å². The molecule has 0 amide bonds. The van der Waals surface area contributed by atoms with Gasteiger partial charge in [0, 0.05) is 35.0 Å². The number of fused-ring (bicyclic) bond motifs is 2. The van der Waals surface area contributed by atoms with Crippen LogP contribution in [-0.4, -0.2) is 15.0 Å². The Hall–Kier alpha value is -4.30. The first-order valence-electron chi connectivity index (χ1n) is 9.95. The van der Waals surface area contributed by atoms with Gasteiger partial charge in [-0.25, -0.2) is 4.98 Å². The fraction of sp³-hybridized carbons (Fsp3) is 0.0769. The van der Waals surface area contributed by atoms with E-state index in [1.54, 1.807) is 12.4 Å². The van der Waals surface area contributed by atoms with Crippen LogP contribution in [0.25, 0.3) is 44.3 Å². The highest BCUT2D eigenvalue weighted by atomic mass is 16.1. The van der Waals surface area contributed by atoms with Crippen LogP contribution >= 0.6 is 0 Å². The van der Waals surface area contributed by atoms with E-state index in [2.05, 4.69) is 22.1 Å². The summed E-state index contributed by atoms with van der Waals surface area (Å²) in [5, 5.41) is 11.2. The Morgan fingerprint density at radius 1 is 1.00 bits per heavy atom. The average Bonchev–Trinajstić information content (AvgIpc) is 2.79. The standard InChI is InChI=1S/C26H18N4O/c1-15-5-7-19(16(2)22(15)14-27)25-20(13-21-24(31)9-11-29-26(21)30-25)17-6-8-23-18(12-17)4-3-10-28-23/h3-13H,1-2H3,(H,29,30,31). The zero-order valence-electron chi connectivity index (χ0n) is 17.1. The van der Waals surface area contributed by atoms with Gasteiger partial charge in [-0.15, -0.1) is 0 Å². The number of aryl methyl sites for hydroxylation is 1. The lowest BCUT2D eigenvalue weighted by molar-refractivity contribution is 1.26. The van der Waals surface area contributed by atoms with Gasteiger partial charge in [-0.2, -0.15) is 5.26 Å². The molecule has 5 heteroatoms. The SMILES string of the molecule is Cc1ccc(-c2nc3[nH]ccc(=O)c3cc2-c2ccc3ncccc3c2)c(C)c1C#N. The van der Waals surface area contributed by atoms with Crippen LogP contribution in [0.3, 0.4) is 0 Å².